The number of amides is 1. The fraction of sp³-hybridized carbons (Fsp3) is 0.286. The SMILES string of the molecule is COC(=O)C(Cc1ccc(Oc2ccc(Cc3ccc(Cl)cc3)cc2)cc1)NC(=O)OC(C)(C)C. The molecule has 6 nitrogen and oxygen atoms in total. The fourth-order valence-corrected chi connectivity index (χ4v) is 3.49. The highest BCUT2D eigenvalue weighted by molar-refractivity contribution is 6.30. The maximum atomic E-state index is 12.2. The zero-order chi connectivity index (χ0) is 25.4. The molecule has 0 aliphatic rings. The monoisotopic (exact) mass is 495 g/mol. The molecule has 3 aromatic rings. The lowest BCUT2D eigenvalue weighted by Gasteiger charge is -2.22. The minimum absolute atomic E-state index is 0.256. The summed E-state index contributed by atoms with van der Waals surface area (Å²) in [5.74, 6) is 0.834. The Bertz CT molecular complexity index is 1120. The van der Waals surface area contributed by atoms with Crippen LogP contribution in [-0.4, -0.2) is 30.8 Å². The summed E-state index contributed by atoms with van der Waals surface area (Å²) in [5.41, 5.74) is 2.52. The molecule has 0 radical (unpaired) electrons. The van der Waals surface area contributed by atoms with Gasteiger partial charge < -0.3 is 19.5 Å². The topological polar surface area (TPSA) is 73.9 Å². The lowest BCUT2D eigenvalue weighted by molar-refractivity contribution is -0.143. The van der Waals surface area contributed by atoms with E-state index in [4.69, 9.17) is 25.8 Å². The lowest BCUT2D eigenvalue weighted by atomic mass is 10.1. The van der Waals surface area contributed by atoms with Crippen molar-refractivity contribution in [2.45, 2.75) is 45.3 Å². The molecule has 0 spiro atoms. The van der Waals surface area contributed by atoms with E-state index in [9.17, 15) is 9.59 Å². The molecule has 0 aliphatic carbocycles. The highest BCUT2D eigenvalue weighted by atomic mass is 35.5. The van der Waals surface area contributed by atoms with Crippen LogP contribution in [0.1, 0.15) is 37.5 Å². The molecule has 0 saturated heterocycles. The molecule has 3 aromatic carbocycles. The molecule has 7 heteroatoms. The quantitative estimate of drug-likeness (QED) is 0.369. The van der Waals surface area contributed by atoms with Crippen LogP contribution < -0.4 is 10.1 Å². The maximum Gasteiger partial charge on any atom is 0.408 e. The van der Waals surface area contributed by atoms with E-state index < -0.39 is 23.7 Å². The molecule has 0 heterocycles. The van der Waals surface area contributed by atoms with E-state index in [1.807, 2.05) is 72.8 Å². The minimum atomic E-state index is -0.866. The Morgan fingerprint density at radius 2 is 1.31 bits per heavy atom. The molecule has 0 fully saturated rings. The van der Waals surface area contributed by atoms with Crippen LogP contribution in [0.3, 0.4) is 0 Å². The van der Waals surface area contributed by atoms with Gasteiger partial charge in [0.25, 0.3) is 0 Å². The number of benzene rings is 3. The molecule has 0 aliphatic heterocycles. The van der Waals surface area contributed by atoms with Crippen LogP contribution in [0.4, 0.5) is 4.79 Å². The number of carbonyl (C=O) groups is 2. The van der Waals surface area contributed by atoms with Crippen molar-refractivity contribution in [1.29, 1.82) is 0 Å². The Balaban J connectivity index is 1.58. The van der Waals surface area contributed by atoms with E-state index in [2.05, 4.69) is 5.32 Å². The van der Waals surface area contributed by atoms with Gasteiger partial charge in [-0.15, -0.1) is 0 Å². The summed E-state index contributed by atoms with van der Waals surface area (Å²) >= 11 is 5.95. The third-order valence-corrected chi connectivity index (χ3v) is 5.27. The van der Waals surface area contributed by atoms with Gasteiger partial charge in [-0.1, -0.05) is 48.0 Å². The van der Waals surface area contributed by atoms with Gasteiger partial charge in [-0.2, -0.15) is 0 Å². The molecule has 3 rings (SSSR count). The van der Waals surface area contributed by atoms with Crippen LogP contribution in [0, 0.1) is 0 Å². The number of hydrogen-bond acceptors (Lipinski definition) is 5. The summed E-state index contributed by atoms with van der Waals surface area (Å²) in [6, 6.07) is 22.2. The summed E-state index contributed by atoms with van der Waals surface area (Å²) in [5, 5.41) is 3.30. The Labute approximate surface area is 211 Å². The largest absolute Gasteiger partial charge is 0.467 e. The first-order valence-electron chi connectivity index (χ1n) is 11.3. The molecule has 1 amide bonds. The molecule has 184 valence electrons. The summed E-state index contributed by atoms with van der Waals surface area (Å²) in [4.78, 5) is 24.3. The molecule has 0 saturated carbocycles. The van der Waals surface area contributed by atoms with Gasteiger partial charge in [0, 0.05) is 11.4 Å². The van der Waals surface area contributed by atoms with Crippen molar-refractivity contribution in [3.05, 3.63) is 94.5 Å². The van der Waals surface area contributed by atoms with Crippen molar-refractivity contribution < 1.29 is 23.8 Å². The summed E-state index contributed by atoms with van der Waals surface area (Å²) in [6.07, 6.45) is 0.392. The molecule has 0 bridgehead atoms. The number of alkyl carbamates (subject to hydrolysis) is 1. The minimum Gasteiger partial charge on any atom is -0.467 e. The summed E-state index contributed by atoms with van der Waals surface area (Å²) in [6.45, 7) is 5.27. The van der Waals surface area contributed by atoms with Crippen molar-refractivity contribution in [2.75, 3.05) is 7.11 Å². The van der Waals surface area contributed by atoms with Gasteiger partial charge in [0.15, 0.2) is 0 Å². The maximum absolute atomic E-state index is 12.2. The van der Waals surface area contributed by atoms with E-state index in [0.29, 0.717) is 5.75 Å². The molecular weight excluding hydrogens is 466 g/mol. The second-order valence-electron chi connectivity index (χ2n) is 9.12. The van der Waals surface area contributed by atoms with Crippen LogP contribution in [0.25, 0.3) is 0 Å². The predicted octanol–water partition coefficient (Wildman–Crippen LogP) is 6.33. The fourth-order valence-electron chi connectivity index (χ4n) is 3.36. The first kappa shape index (κ1) is 26.1. The van der Waals surface area contributed by atoms with Crippen molar-refractivity contribution in [2.24, 2.45) is 0 Å². The van der Waals surface area contributed by atoms with Crippen LogP contribution >= 0.6 is 11.6 Å². The number of methoxy groups -OCH3 is 1. The molecule has 0 aromatic heterocycles. The highest BCUT2D eigenvalue weighted by Crippen LogP contribution is 2.24. The van der Waals surface area contributed by atoms with Gasteiger partial charge in [-0.3, -0.25) is 0 Å². The van der Waals surface area contributed by atoms with E-state index in [1.165, 1.54) is 18.2 Å². The second-order valence-corrected chi connectivity index (χ2v) is 9.56. The van der Waals surface area contributed by atoms with Gasteiger partial charge in [0.2, 0.25) is 0 Å². The third-order valence-electron chi connectivity index (χ3n) is 5.02. The molecule has 1 N–H and O–H groups in total. The Morgan fingerprint density at radius 3 is 1.80 bits per heavy atom. The zero-order valence-electron chi connectivity index (χ0n) is 20.3. The average molecular weight is 496 g/mol. The van der Waals surface area contributed by atoms with Gasteiger partial charge in [0.05, 0.1) is 7.11 Å². The number of esters is 1. The van der Waals surface area contributed by atoms with Crippen LogP contribution in [0.2, 0.25) is 5.02 Å². The Morgan fingerprint density at radius 1 is 0.829 bits per heavy atom. The number of hydrogen-bond donors (Lipinski definition) is 1. The standard InChI is InChI=1S/C28H30ClNO5/c1-28(2,3)35-27(32)30-25(26(31)33-4)18-21-9-15-24(16-10-21)34-23-13-7-20(8-14-23)17-19-5-11-22(29)12-6-19/h5-16,25H,17-18H2,1-4H3,(H,30,32). The van der Waals surface area contributed by atoms with E-state index in [-0.39, 0.29) is 6.42 Å². The molecule has 1 atom stereocenters. The van der Waals surface area contributed by atoms with E-state index >= 15 is 0 Å². The number of carbonyl (C=O) groups excluding carboxylic acids is 2. The van der Waals surface area contributed by atoms with Gasteiger partial charge in [-0.05, 0) is 80.3 Å². The van der Waals surface area contributed by atoms with Crippen LogP contribution in [0.5, 0.6) is 11.5 Å². The normalized spacial score (nSPS) is 11.9. The Hall–Kier alpha value is -3.51. The van der Waals surface area contributed by atoms with Crippen molar-refractivity contribution in [3.8, 4) is 11.5 Å². The first-order chi connectivity index (χ1) is 16.6. The number of nitrogens with one attached hydrogen (secondary N) is 1. The van der Waals surface area contributed by atoms with Crippen molar-refractivity contribution in [1.82, 2.24) is 5.32 Å². The summed E-state index contributed by atoms with van der Waals surface area (Å²) < 4.78 is 16.0. The molecule has 1 unspecified atom stereocenters. The van der Waals surface area contributed by atoms with Crippen LogP contribution in [0.15, 0.2) is 72.8 Å². The average Bonchev–Trinajstić information content (AvgIpc) is 2.81. The zero-order valence-corrected chi connectivity index (χ0v) is 21.1. The first-order valence-corrected chi connectivity index (χ1v) is 11.7. The predicted molar refractivity (Wildman–Crippen MR) is 136 cm³/mol. The number of ether oxygens (including phenoxy) is 3. The van der Waals surface area contributed by atoms with Gasteiger partial charge >= 0.3 is 12.1 Å². The number of rotatable bonds is 8. The number of halogens is 1. The second kappa shape index (κ2) is 11.8. The molecular formula is C28H30ClNO5. The third kappa shape index (κ3) is 8.65. The van der Waals surface area contributed by atoms with Crippen LogP contribution in [-0.2, 0) is 27.1 Å². The highest BCUT2D eigenvalue weighted by Gasteiger charge is 2.25. The van der Waals surface area contributed by atoms with Gasteiger partial charge in [-0.25, -0.2) is 9.59 Å². The van der Waals surface area contributed by atoms with Gasteiger partial charge in [0.1, 0.15) is 23.1 Å². The lowest BCUT2D eigenvalue weighted by Crippen LogP contribution is -2.45. The van der Waals surface area contributed by atoms with Crippen molar-refractivity contribution in [3.63, 3.8) is 0 Å². The van der Waals surface area contributed by atoms with Crippen molar-refractivity contribution >= 4 is 23.7 Å². The summed E-state index contributed by atoms with van der Waals surface area (Å²) in [7, 11) is 1.28. The molecule has 35 heavy (non-hydrogen) atoms. The van der Waals surface area contributed by atoms with E-state index in [0.717, 1.165) is 22.8 Å². The smallest absolute Gasteiger partial charge is 0.408 e. The Kier molecular flexibility index (Phi) is 8.77. The van der Waals surface area contributed by atoms with E-state index in [1.54, 1.807) is 20.8 Å².